The minimum absolute atomic E-state index is 0.0240. The van der Waals surface area contributed by atoms with Crippen LogP contribution in [0.2, 0.25) is 0 Å². The number of amides is 1. The normalized spacial score (nSPS) is 11.6. The number of aliphatic hydroxyl groups is 1. The first kappa shape index (κ1) is 19.3. The minimum Gasteiger partial charge on any atom is -0.398 e. The molecule has 1 unspecified atom stereocenters. The minimum atomic E-state index is -0.830. The Balaban J connectivity index is 1.75. The van der Waals surface area contributed by atoms with Gasteiger partial charge in [0, 0.05) is 28.9 Å². The fraction of sp³-hybridized carbons (Fsp3) is 0.0909. The lowest BCUT2D eigenvalue weighted by Crippen LogP contribution is -2.28. The predicted octanol–water partition coefficient (Wildman–Crippen LogP) is 3.29. The highest BCUT2D eigenvalue weighted by atomic mass is 19.1. The molecule has 0 fully saturated rings. The highest BCUT2D eigenvalue weighted by Crippen LogP contribution is 2.19. The highest BCUT2D eigenvalue weighted by molar-refractivity contribution is 6.14. The van der Waals surface area contributed by atoms with Crippen LogP contribution in [0.5, 0.6) is 0 Å². The number of halogens is 1. The molecule has 0 aromatic heterocycles. The molecule has 0 bridgehead atoms. The SMILES string of the molecule is N=C(c1cccc(F)c1)c1cc(C(=O)NCC(O)c2ccccc2)ccc1N. The van der Waals surface area contributed by atoms with E-state index < -0.39 is 17.8 Å². The average molecular weight is 377 g/mol. The van der Waals surface area contributed by atoms with Crippen molar-refractivity contribution in [3.8, 4) is 0 Å². The molecule has 5 N–H and O–H groups in total. The van der Waals surface area contributed by atoms with Crippen molar-refractivity contribution in [1.82, 2.24) is 5.32 Å². The van der Waals surface area contributed by atoms with Crippen LogP contribution in [0, 0.1) is 11.2 Å². The van der Waals surface area contributed by atoms with E-state index in [2.05, 4.69) is 5.32 Å². The van der Waals surface area contributed by atoms with Gasteiger partial charge in [0.15, 0.2) is 0 Å². The maximum absolute atomic E-state index is 13.5. The van der Waals surface area contributed by atoms with Gasteiger partial charge < -0.3 is 16.2 Å². The summed E-state index contributed by atoms with van der Waals surface area (Å²) in [5, 5.41) is 21.2. The molecule has 1 amide bonds. The zero-order valence-electron chi connectivity index (χ0n) is 15.0. The first-order valence-electron chi connectivity index (χ1n) is 8.71. The second kappa shape index (κ2) is 8.45. The van der Waals surface area contributed by atoms with Crippen molar-refractivity contribution in [2.75, 3.05) is 12.3 Å². The van der Waals surface area contributed by atoms with E-state index in [-0.39, 0.29) is 12.3 Å². The van der Waals surface area contributed by atoms with Gasteiger partial charge in [-0.1, -0.05) is 42.5 Å². The van der Waals surface area contributed by atoms with Crippen LogP contribution in [-0.4, -0.2) is 23.3 Å². The fourth-order valence-electron chi connectivity index (χ4n) is 2.80. The van der Waals surface area contributed by atoms with E-state index in [4.69, 9.17) is 11.1 Å². The Morgan fingerprint density at radius 1 is 1.04 bits per heavy atom. The lowest BCUT2D eigenvalue weighted by molar-refractivity contribution is 0.0916. The topological polar surface area (TPSA) is 99.2 Å². The molecular formula is C22H20FN3O2. The maximum atomic E-state index is 13.5. The number of rotatable bonds is 6. The second-order valence-corrected chi connectivity index (χ2v) is 6.32. The van der Waals surface area contributed by atoms with Crippen molar-refractivity contribution in [2.45, 2.75) is 6.10 Å². The molecule has 5 nitrogen and oxygen atoms in total. The van der Waals surface area contributed by atoms with Crippen molar-refractivity contribution in [2.24, 2.45) is 0 Å². The molecule has 142 valence electrons. The van der Waals surface area contributed by atoms with Crippen molar-refractivity contribution in [3.63, 3.8) is 0 Å². The molecule has 1 atom stereocenters. The molecule has 6 heteroatoms. The Hall–Kier alpha value is -3.51. The number of carbonyl (C=O) groups excluding carboxylic acids is 1. The summed E-state index contributed by atoms with van der Waals surface area (Å²) in [6.45, 7) is 0.0455. The molecule has 3 aromatic rings. The summed E-state index contributed by atoms with van der Waals surface area (Å²) in [6, 6.07) is 19.2. The quantitative estimate of drug-likeness (QED) is 0.392. The Kier molecular flexibility index (Phi) is 5.81. The van der Waals surface area contributed by atoms with Gasteiger partial charge in [0.1, 0.15) is 5.82 Å². The summed E-state index contributed by atoms with van der Waals surface area (Å²) in [5.41, 5.74) is 8.00. The van der Waals surface area contributed by atoms with Crippen LogP contribution in [0.4, 0.5) is 10.1 Å². The van der Waals surface area contributed by atoms with E-state index in [1.807, 2.05) is 18.2 Å². The first-order valence-corrected chi connectivity index (χ1v) is 8.71. The maximum Gasteiger partial charge on any atom is 0.251 e. The van der Waals surface area contributed by atoms with Crippen LogP contribution in [0.3, 0.4) is 0 Å². The zero-order chi connectivity index (χ0) is 20.1. The molecule has 0 spiro atoms. The molecule has 0 saturated heterocycles. The number of benzene rings is 3. The van der Waals surface area contributed by atoms with Gasteiger partial charge >= 0.3 is 0 Å². The summed E-state index contributed by atoms with van der Waals surface area (Å²) < 4.78 is 13.5. The molecule has 3 rings (SSSR count). The number of carbonyl (C=O) groups is 1. The van der Waals surface area contributed by atoms with E-state index in [1.54, 1.807) is 24.3 Å². The predicted molar refractivity (Wildman–Crippen MR) is 107 cm³/mol. The van der Waals surface area contributed by atoms with Gasteiger partial charge in [-0.2, -0.15) is 0 Å². The first-order chi connectivity index (χ1) is 13.5. The van der Waals surface area contributed by atoms with Gasteiger partial charge in [0.05, 0.1) is 11.8 Å². The smallest absolute Gasteiger partial charge is 0.251 e. The molecule has 0 aliphatic carbocycles. The van der Waals surface area contributed by atoms with Crippen LogP contribution < -0.4 is 11.1 Å². The average Bonchev–Trinajstić information content (AvgIpc) is 2.72. The Morgan fingerprint density at radius 2 is 1.79 bits per heavy atom. The monoisotopic (exact) mass is 377 g/mol. The summed E-state index contributed by atoms with van der Waals surface area (Å²) in [5.74, 6) is -0.854. The number of nitrogens with two attached hydrogens (primary N) is 1. The number of anilines is 1. The van der Waals surface area contributed by atoms with Gasteiger partial charge in [-0.25, -0.2) is 4.39 Å². The van der Waals surface area contributed by atoms with Crippen molar-refractivity contribution < 1.29 is 14.3 Å². The van der Waals surface area contributed by atoms with Gasteiger partial charge in [0.2, 0.25) is 0 Å². The van der Waals surface area contributed by atoms with Gasteiger partial charge in [0.25, 0.3) is 5.91 Å². The Labute approximate surface area is 162 Å². The van der Waals surface area contributed by atoms with E-state index in [9.17, 15) is 14.3 Å². The van der Waals surface area contributed by atoms with E-state index in [0.29, 0.717) is 27.9 Å². The fourth-order valence-corrected chi connectivity index (χ4v) is 2.80. The third kappa shape index (κ3) is 4.42. The number of hydrogen-bond donors (Lipinski definition) is 4. The largest absolute Gasteiger partial charge is 0.398 e. The zero-order valence-corrected chi connectivity index (χ0v) is 15.0. The molecule has 0 radical (unpaired) electrons. The van der Waals surface area contributed by atoms with Crippen LogP contribution in [-0.2, 0) is 0 Å². The third-order valence-electron chi connectivity index (χ3n) is 4.34. The molecule has 28 heavy (non-hydrogen) atoms. The number of nitrogens with one attached hydrogen (secondary N) is 2. The number of nitrogen functional groups attached to an aromatic ring is 1. The summed E-state index contributed by atoms with van der Waals surface area (Å²) in [6.07, 6.45) is -0.830. The summed E-state index contributed by atoms with van der Waals surface area (Å²) in [7, 11) is 0. The highest BCUT2D eigenvalue weighted by Gasteiger charge is 2.15. The van der Waals surface area contributed by atoms with Gasteiger partial charge in [-0.05, 0) is 35.9 Å². The summed E-state index contributed by atoms with van der Waals surface area (Å²) in [4.78, 5) is 12.5. The van der Waals surface area contributed by atoms with Crippen LogP contribution in [0.1, 0.15) is 33.2 Å². The van der Waals surface area contributed by atoms with E-state index in [0.717, 1.165) is 0 Å². The lowest BCUT2D eigenvalue weighted by Gasteiger charge is -2.14. The molecular weight excluding hydrogens is 357 g/mol. The van der Waals surface area contributed by atoms with Gasteiger partial charge in [-0.15, -0.1) is 0 Å². The Bertz CT molecular complexity index is 1010. The van der Waals surface area contributed by atoms with Crippen molar-refractivity contribution in [1.29, 1.82) is 5.41 Å². The van der Waals surface area contributed by atoms with E-state index in [1.165, 1.54) is 30.3 Å². The van der Waals surface area contributed by atoms with Crippen LogP contribution in [0.25, 0.3) is 0 Å². The second-order valence-electron chi connectivity index (χ2n) is 6.32. The molecule has 0 saturated carbocycles. The lowest BCUT2D eigenvalue weighted by atomic mass is 9.98. The van der Waals surface area contributed by atoms with Crippen molar-refractivity contribution >= 4 is 17.3 Å². The van der Waals surface area contributed by atoms with Crippen LogP contribution in [0.15, 0.2) is 72.8 Å². The molecule has 0 aliphatic rings. The van der Waals surface area contributed by atoms with Crippen LogP contribution >= 0.6 is 0 Å². The summed E-state index contributed by atoms with van der Waals surface area (Å²) >= 11 is 0. The van der Waals surface area contributed by atoms with Crippen molar-refractivity contribution in [3.05, 3.63) is 101 Å². The number of aliphatic hydroxyl groups excluding tert-OH is 1. The third-order valence-corrected chi connectivity index (χ3v) is 4.34. The molecule has 0 heterocycles. The van der Waals surface area contributed by atoms with E-state index >= 15 is 0 Å². The van der Waals surface area contributed by atoms with Gasteiger partial charge in [-0.3, -0.25) is 10.2 Å². The standard InChI is InChI=1S/C22H20FN3O2/c23-17-8-4-7-15(11-17)21(25)18-12-16(9-10-19(18)24)22(28)26-13-20(27)14-5-2-1-3-6-14/h1-12,20,25,27H,13,24H2,(H,26,28). The Morgan fingerprint density at radius 3 is 2.50 bits per heavy atom. The molecule has 3 aromatic carbocycles. The number of hydrogen-bond acceptors (Lipinski definition) is 4. The molecule has 0 aliphatic heterocycles.